The molecule has 0 amide bonds. The van der Waals surface area contributed by atoms with Gasteiger partial charge in [0.15, 0.2) is 0 Å². The van der Waals surface area contributed by atoms with E-state index >= 15 is 0 Å². The quantitative estimate of drug-likeness (QED) is 0.727. The van der Waals surface area contributed by atoms with Crippen LogP contribution in [0.1, 0.15) is 25.5 Å². The Morgan fingerprint density at radius 3 is 2.67 bits per heavy atom. The van der Waals surface area contributed by atoms with Crippen molar-refractivity contribution in [3.05, 3.63) is 29.8 Å². The minimum Gasteiger partial charge on any atom is -0.496 e. The number of carbonyl (C=O) groups excluding carboxylic acids is 1. The molecule has 0 aliphatic heterocycles. The van der Waals surface area contributed by atoms with E-state index in [9.17, 15) is 4.79 Å². The van der Waals surface area contributed by atoms with E-state index in [4.69, 9.17) is 9.47 Å². The number of hydrogen-bond acceptors (Lipinski definition) is 4. The van der Waals surface area contributed by atoms with Crippen LogP contribution in [0.5, 0.6) is 5.75 Å². The zero-order chi connectivity index (χ0) is 13.5. The van der Waals surface area contributed by atoms with Gasteiger partial charge in [0.25, 0.3) is 0 Å². The first-order valence-corrected chi connectivity index (χ1v) is 6.08. The average molecular weight is 251 g/mol. The Labute approximate surface area is 108 Å². The van der Waals surface area contributed by atoms with Crippen LogP contribution in [-0.4, -0.2) is 38.2 Å². The summed E-state index contributed by atoms with van der Waals surface area (Å²) in [6, 6.07) is 7.91. The second-order valence-corrected chi connectivity index (χ2v) is 4.14. The molecule has 4 heteroatoms. The van der Waals surface area contributed by atoms with Gasteiger partial charge >= 0.3 is 5.97 Å². The lowest BCUT2D eigenvalue weighted by molar-refractivity contribution is -0.144. The van der Waals surface area contributed by atoms with Crippen LogP contribution in [-0.2, 0) is 9.53 Å². The van der Waals surface area contributed by atoms with E-state index in [0.717, 1.165) is 11.3 Å². The fourth-order valence-electron chi connectivity index (χ4n) is 1.80. The summed E-state index contributed by atoms with van der Waals surface area (Å²) < 4.78 is 10.3. The lowest BCUT2D eigenvalue weighted by atomic mass is 10.1. The van der Waals surface area contributed by atoms with Crippen molar-refractivity contribution in [1.29, 1.82) is 0 Å². The Balaban J connectivity index is 2.73. The summed E-state index contributed by atoms with van der Waals surface area (Å²) in [5.74, 6) is 0.627. The van der Waals surface area contributed by atoms with Crippen molar-refractivity contribution in [2.75, 3.05) is 27.3 Å². The summed E-state index contributed by atoms with van der Waals surface area (Å²) >= 11 is 0. The van der Waals surface area contributed by atoms with Crippen LogP contribution in [0.2, 0.25) is 0 Å². The molecule has 0 aliphatic rings. The van der Waals surface area contributed by atoms with Crippen molar-refractivity contribution >= 4 is 5.97 Å². The van der Waals surface area contributed by atoms with Crippen molar-refractivity contribution in [2.45, 2.75) is 19.9 Å². The molecule has 1 rings (SSSR count). The van der Waals surface area contributed by atoms with E-state index in [1.165, 1.54) is 0 Å². The molecule has 0 aromatic heterocycles. The number of hydrogen-bond donors (Lipinski definition) is 0. The van der Waals surface area contributed by atoms with Gasteiger partial charge in [0, 0.05) is 11.6 Å². The highest BCUT2D eigenvalue weighted by atomic mass is 16.5. The fraction of sp³-hybridized carbons (Fsp3) is 0.500. The van der Waals surface area contributed by atoms with E-state index in [1.807, 2.05) is 50.1 Å². The summed E-state index contributed by atoms with van der Waals surface area (Å²) in [4.78, 5) is 13.4. The number of carbonyl (C=O) groups is 1. The number of likely N-dealkylation sites (N-methyl/N-ethyl adjacent to an activating group) is 1. The molecule has 1 aromatic carbocycles. The molecule has 0 fully saturated rings. The van der Waals surface area contributed by atoms with Crippen LogP contribution >= 0.6 is 0 Å². The molecule has 0 N–H and O–H groups in total. The molecule has 0 radical (unpaired) electrons. The SMILES string of the molecule is CCOC(=O)CN(C)[C@@H](C)c1ccccc1OC. The Kier molecular flexibility index (Phi) is 5.65. The van der Waals surface area contributed by atoms with Gasteiger partial charge in [0.05, 0.1) is 20.3 Å². The summed E-state index contributed by atoms with van der Waals surface area (Å²) in [6.07, 6.45) is 0. The highest BCUT2D eigenvalue weighted by molar-refractivity contribution is 5.71. The molecule has 0 spiro atoms. The smallest absolute Gasteiger partial charge is 0.320 e. The number of esters is 1. The second-order valence-electron chi connectivity index (χ2n) is 4.14. The predicted octanol–water partition coefficient (Wildman–Crippen LogP) is 2.25. The van der Waals surface area contributed by atoms with Gasteiger partial charge in [0.1, 0.15) is 5.75 Å². The standard InChI is InChI=1S/C14H21NO3/c1-5-18-14(16)10-15(3)11(2)12-8-6-7-9-13(12)17-4/h6-9,11H,5,10H2,1-4H3/t11-/m0/s1. The van der Waals surface area contributed by atoms with Crippen LogP contribution in [0, 0.1) is 0 Å². The number of methoxy groups -OCH3 is 1. The summed E-state index contributed by atoms with van der Waals surface area (Å²) in [5.41, 5.74) is 1.06. The largest absolute Gasteiger partial charge is 0.496 e. The van der Waals surface area contributed by atoms with Gasteiger partial charge < -0.3 is 9.47 Å². The minimum absolute atomic E-state index is 0.0885. The third kappa shape index (κ3) is 3.74. The first kappa shape index (κ1) is 14.5. The highest BCUT2D eigenvalue weighted by Crippen LogP contribution is 2.27. The van der Waals surface area contributed by atoms with Crippen molar-refractivity contribution in [2.24, 2.45) is 0 Å². The zero-order valence-electron chi connectivity index (χ0n) is 11.5. The number of rotatable bonds is 6. The molecule has 0 aliphatic carbocycles. The van der Waals surface area contributed by atoms with Crippen molar-refractivity contribution < 1.29 is 14.3 Å². The monoisotopic (exact) mass is 251 g/mol. The van der Waals surface area contributed by atoms with Gasteiger partial charge in [-0.2, -0.15) is 0 Å². The molecule has 0 bridgehead atoms. The Morgan fingerprint density at radius 2 is 2.06 bits per heavy atom. The first-order valence-electron chi connectivity index (χ1n) is 6.08. The van der Waals surface area contributed by atoms with Crippen molar-refractivity contribution in [3.63, 3.8) is 0 Å². The number of para-hydroxylation sites is 1. The number of benzene rings is 1. The van der Waals surface area contributed by atoms with Gasteiger partial charge in [-0.05, 0) is 27.0 Å². The predicted molar refractivity (Wildman–Crippen MR) is 70.7 cm³/mol. The summed E-state index contributed by atoms with van der Waals surface area (Å²) in [7, 11) is 3.55. The number of ether oxygens (including phenoxy) is 2. The summed E-state index contributed by atoms with van der Waals surface area (Å²) in [5, 5.41) is 0. The third-order valence-corrected chi connectivity index (χ3v) is 2.93. The maximum Gasteiger partial charge on any atom is 0.320 e. The second kappa shape index (κ2) is 7.01. The molecular weight excluding hydrogens is 230 g/mol. The fourth-order valence-corrected chi connectivity index (χ4v) is 1.80. The van der Waals surface area contributed by atoms with E-state index in [-0.39, 0.29) is 18.6 Å². The summed E-state index contributed by atoms with van der Waals surface area (Å²) in [6.45, 7) is 4.53. The van der Waals surface area contributed by atoms with Crippen LogP contribution in [0.3, 0.4) is 0 Å². The molecule has 0 heterocycles. The van der Waals surface area contributed by atoms with Crippen LogP contribution in [0.15, 0.2) is 24.3 Å². The maximum absolute atomic E-state index is 11.4. The van der Waals surface area contributed by atoms with E-state index in [2.05, 4.69) is 0 Å². The van der Waals surface area contributed by atoms with E-state index in [1.54, 1.807) is 7.11 Å². The van der Waals surface area contributed by atoms with Gasteiger partial charge in [0.2, 0.25) is 0 Å². The molecule has 4 nitrogen and oxygen atoms in total. The Morgan fingerprint density at radius 1 is 1.39 bits per heavy atom. The molecule has 100 valence electrons. The van der Waals surface area contributed by atoms with Gasteiger partial charge in [-0.3, -0.25) is 9.69 Å². The number of nitrogens with zero attached hydrogens (tertiary/aromatic N) is 1. The Bertz CT molecular complexity index is 392. The molecule has 18 heavy (non-hydrogen) atoms. The van der Waals surface area contributed by atoms with Gasteiger partial charge in [-0.15, -0.1) is 0 Å². The van der Waals surface area contributed by atoms with E-state index < -0.39 is 0 Å². The highest BCUT2D eigenvalue weighted by Gasteiger charge is 2.18. The topological polar surface area (TPSA) is 38.8 Å². The van der Waals surface area contributed by atoms with Crippen molar-refractivity contribution in [1.82, 2.24) is 4.90 Å². The maximum atomic E-state index is 11.4. The van der Waals surface area contributed by atoms with Gasteiger partial charge in [-0.1, -0.05) is 18.2 Å². The van der Waals surface area contributed by atoms with Crippen LogP contribution in [0.4, 0.5) is 0 Å². The lowest BCUT2D eigenvalue weighted by Crippen LogP contribution is -2.30. The first-order chi connectivity index (χ1) is 8.60. The van der Waals surface area contributed by atoms with Crippen molar-refractivity contribution in [3.8, 4) is 5.75 Å². The van der Waals surface area contributed by atoms with Crippen LogP contribution in [0.25, 0.3) is 0 Å². The zero-order valence-corrected chi connectivity index (χ0v) is 11.5. The van der Waals surface area contributed by atoms with Crippen LogP contribution < -0.4 is 4.74 Å². The van der Waals surface area contributed by atoms with Gasteiger partial charge in [-0.25, -0.2) is 0 Å². The average Bonchev–Trinajstić information content (AvgIpc) is 2.38. The van der Waals surface area contributed by atoms with E-state index in [0.29, 0.717) is 6.61 Å². The molecule has 0 saturated carbocycles. The molecular formula is C14H21NO3. The third-order valence-electron chi connectivity index (χ3n) is 2.93. The molecule has 0 saturated heterocycles. The molecule has 1 atom stereocenters. The molecule has 0 unspecified atom stereocenters. The minimum atomic E-state index is -0.207. The normalized spacial score (nSPS) is 12.3. The Hall–Kier alpha value is -1.55. The molecule has 1 aromatic rings. The lowest BCUT2D eigenvalue weighted by Gasteiger charge is -2.25.